The number of nitriles is 1. The number of aromatic nitrogens is 5. The number of aliphatic hydroxyl groups excluding tert-OH is 1. The lowest BCUT2D eigenvalue weighted by Crippen LogP contribution is -2.42. The summed E-state index contributed by atoms with van der Waals surface area (Å²) in [7, 11) is -4.09. The standard InChI is InChI=1S/C25H24F2N8O4S2/c1-13(36)23(37)34-8-4-14(5-9-34)19-18-16-3-2-15(41(38,39)33-25(11-28)6-7-25)10-17(16)35(21(18)30-12-29-19)24-32-31-22(40-24)20(26)27/h2-3,10,12-14,20,33,36H,4-9H2,1H3. The monoisotopic (exact) mass is 602 g/mol. The van der Waals surface area contributed by atoms with Crippen LogP contribution in [0.3, 0.4) is 0 Å². The van der Waals surface area contributed by atoms with Crippen LogP contribution in [0.5, 0.6) is 0 Å². The summed E-state index contributed by atoms with van der Waals surface area (Å²) in [6, 6.07) is 6.45. The molecule has 0 spiro atoms. The van der Waals surface area contributed by atoms with E-state index in [1.54, 1.807) is 11.0 Å². The Labute approximate surface area is 236 Å². The maximum atomic E-state index is 13.4. The van der Waals surface area contributed by atoms with Gasteiger partial charge in [0, 0.05) is 29.8 Å². The van der Waals surface area contributed by atoms with Gasteiger partial charge >= 0.3 is 0 Å². The number of nitrogens with one attached hydrogen (secondary N) is 1. The van der Waals surface area contributed by atoms with Crippen molar-refractivity contribution in [3.63, 3.8) is 0 Å². The van der Waals surface area contributed by atoms with E-state index in [4.69, 9.17) is 0 Å². The third-order valence-electron chi connectivity index (χ3n) is 7.51. The Balaban J connectivity index is 1.49. The van der Waals surface area contributed by atoms with Gasteiger partial charge in [-0.15, -0.1) is 10.2 Å². The first-order valence-corrected chi connectivity index (χ1v) is 15.2. The number of halogens is 2. The first-order valence-electron chi connectivity index (χ1n) is 12.9. The Bertz CT molecular complexity index is 1820. The molecule has 12 nitrogen and oxygen atoms in total. The number of carbonyl (C=O) groups is 1. The molecule has 4 heterocycles. The van der Waals surface area contributed by atoms with Crippen LogP contribution < -0.4 is 4.72 Å². The third-order valence-corrected chi connectivity index (χ3v) is 9.96. The summed E-state index contributed by atoms with van der Waals surface area (Å²) in [6.07, 6.45) is -0.618. The zero-order valence-electron chi connectivity index (χ0n) is 21.7. The average Bonchev–Trinajstić information content (AvgIpc) is 3.39. The quantitative estimate of drug-likeness (QED) is 0.323. The number of hydrogen-bond donors (Lipinski definition) is 2. The van der Waals surface area contributed by atoms with Gasteiger partial charge in [0.2, 0.25) is 15.2 Å². The van der Waals surface area contributed by atoms with E-state index in [1.165, 1.54) is 30.0 Å². The van der Waals surface area contributed by atoms with Crippen molar-refractivity contribution in [1.82, 2.24) is 34.4 Å². The SMILES string of the molecule is CC(O)C(=O)N1CCC(c2ncnc3c2c2ccc(S(=O)(=O)NC4(C#N)CC4)cc2n3-c2nnc(C(F)F)s2)CC1. The summed E-state index contributed by atoms with van der Waals surface area (Å²) in [5, 5.41) is 27.4. The molecule has 1 atom stereocenters. The number of sulfonamides is 1. The van der Waals surface area contributed by atoms with E-state index in [0.717, 1.165) is 0 Å². The van der Waals surface area contributed by atoms with Gasteiger partial charge in [0.25, 0.3) is 12.3 Å². The Morgan fingerprint density at radius 2 is 1.98 bits per heavy atom. The summed E-state index contributed by atoms with van der Waals surface area (Å²) >= 11 is 0.667. The fraction of sp³-hybridized carbons (Fsp3) is 0.440. The van der Waals surface area contributed by atoms with Gasteiger partial charge in [-0.2, -0.15) is 9.98 Å². The molecule has 16 heteroatoms. The predicted octanol–water partition coefficient (Wildman–Crippen LogP) is 2.78. The first kappa shape index (κ1) is 27.5. The number of benzene rings is 1. The van der Waals surface area contributed by atoms with Crippen LogP contribution in [0.4, 0.5) is 8.78 Å². The highest BCUT2D eigenvalue weighted by molar-refractivity contribution is 7.89. The maximum Gasteiger partial charge on any atom is 0.291 e. The van der Waals surface area contributed by atoms with Gasteiger partial charge in [-0.3, -0.25) is 9.36 Å². The molecule has 2 fully saturated rings. The van der Waals surface area contributed by atoms with E-state index in [9.17, 15) is 32.4 Å². The topological polar surface area (TPSA) is 167 Å². The maximum absolute atomic E-state index is 13.4. The number of piperidine rings is 1. The Kier molecular flexibility index (Phi) is 6.72. The van der Waals surface area contributed by atoms with Crippen LogP contribution in [0.2, 0.25) is 0 Å². The minimum atomic E-state index is -4.09. The molecule has 1 aromatic carbocycles. The number of alkyl halides is 2. The van der Waals surface area contributed by atoms with Gasteiger partial charge in [-0.1, -0.05) is 17.4 Å². The highest BCUT2D eigenvalue weighted by atomic mass is 32.2. The third kappa shape index (κ3) is 4.82. The van der Waals surface area contributed by atoms with Crippen LogP contribution in [0, 0.1) is 11.3 Å². The molecule has 1 aliphatic heterocycles. The lowest BCUT2D eigenvalue weighted by molar-refractivity contribution is -0.140. The summed E-state index contributed by atoms with van der Waals surface area (Å²) in [5.74, 6) is -0.426. The smallest absolute Gasteiger partial charge is 0.291 e. The molecule has 214 valence electrons. The first-order chi connectivity index (χ1) is 19.5. The molecule has 6 rings (SSSR count). The number of aliphatic hydroxyl groups is 1. The van der Waals surface area contributed by atoms with Crippen molar-refractivity contribution in [2.24, 2.45) is 0 Å². The molecule has 3 aromatic heterocycles. The summed E-state index contributed by atoms with van der Waals surface area (Å²) < 4.78 is 57.3. The molecule has 1 saturated carbocycles. The molecule has 2 N–H and O–H groups in total. The number of nitrogens with zero attached hydrogens (tertiary/aromatic N) is 7. The normalized spacial score (nSPS) is 18.2. The Morgan fingerprint density at radius 3 is 2.59 bits per heavy atom. The van der Waals surface area contributed by atoms with Crippen molar-refractivity contribution in [3.05, 3.63) is 35.2 Å². The molecule has 1 aliphatic carbocycles. The van der Waals surface area contributed by atoms with Crippen molar-refractivity contribution in [2.75, 3.05) is 13.1 Å². The number of fused-ring (bicyclic) bond motifs is 3. The molecule has 0 radical (unpaired) electrons. The molecular formula is C25H24F2N8O4S2. The van der Waals surface area contributed by atoms with Gasteiger partial charge in [0.05, 0.1) is 22.2 Å². The van der Waals surface area contributed by atoms with Crippen molar-refractivity contribution >= 4 is 49.2 Å². The van der Waals surface area contributed by atoms with Gasteiger partial charge in [0.1, 0.15) is 18.0 Å². The van der Waals surface area contributed by atoms with E-state index in [0.29, 0.717) is 77.7 Å². The fourth-order valence-corrected chi connectivity index (χ4v) is 7.34. The molecule has 2 aliphatic rings. The van der Waals surface area contributed by atoms with Crippen molar-refractivity contribution in [1.29, 1.82) is 5.26 Å². The fourth-order valence-electron chi connectivity index (χ4n) is 5.23. The second-order valence-corrected chi connectivity index (χ2v) is 12.9. The van der Waals surface area contributed by atoms with Crippen LogP contribution in [-0.2, 0) is 14.8 Å². The summed E-state index contributed by atoms with van der Waals surface area (Å²) in [4.78, 5) is 22.8. The minimum absolute atomic E-state index is 0.0838. The second-order valence-electron chi connectivity index (χ2n) is 10.3. The molecule has 1 amide bonds. The highest BCUT2D eigenvalue weighted by Crippen LogP contribution is 2.40. The van der Waals surface area contributed by atoms with Crippen molar-refractivity contribution in [2.45, 2.75) is 61.5 Å². The van der Waals surface area contributed by atoms with Gasteiger partial charge in [0.15, 0.2) is 10.7 Å². The lowest BCUT2D eigenvalue weighted by atomic mass is 9.91. The lowest BCUT2D eigenvalue weighted by Gasteiger charge is -2.32. The van der Waals surface area contributed by atoms with E-state index in [1.807, 2.05) is 6.07 Å². The van der Waals surface area contributed by atoms with Crippen LogP contribution >= 0.6 is 11.3 Å². The van der Waals surface area contributed by atoms with Gasteiger partial charge < -0.3 is 10.0 Å². The minimum Gasteiger partial charge on any atom is -0.384 e. The number of likely N-dealkylation sites (tertiary alicyclic amines) is 1. The van der Waals surface area contributed by atoms with E-state index in [2.05, 4.69) is 24.9 Å². The molecular weight excluding hydrogens is 578 g/mol. The van der Waals surface area contributed by atoms with Crippen molar-refractivity contribution < 1.29 is 27.1 Å². The number of carbonyl (C=O) groups excluding carboxylic acids is 1. The second kappa shape index (κ2) is 10.0. The number of rotatable bonds is 7. The molecule has 1 unspecified atom stereocenters. The van der Waals surface area contributed by atoms with Crippen molar-refractivity contribution in [3.8, 4) is 11.2 Å². The number of amides is 1. The largest absolute Gasteiger partial charge is 0.384 e. The average molecular weight is 603 g/mol. The molecule has 4 aromatic rings. The van der Waals surface area contributed by atoms with Crippen LogP contribution in [0.25, 0.3) is 27.1 Å². The Morgan fingerprint density at radius 1 is 1.24 bits per heavy atom. The van der Waals surface area contributed by atoms with Gasteiger partial charge in [-0.05, 0) is 44.7 Å². The molecule has 41 heavy (non-hydrogen) atoms. The summed E-state index contributed by atoms with van der Waals surface area (Å²) in [6.45, 7) is 2.27. The zero-order valence-corrected chi connectivity index (χ0v) is 23.3. The molecule has 0 bridgehead atoms. The highest BCUT2D eigenvalue weighted by Gasteiger charge is 2.47. The number of hydrogen-bond acceptors (Lipinski definition) is 10. The van der Waals surface area contributed by atoms with Crippen LogP contribution in [0.1, 0.15) is 55.7 Å². The Hall–Kier alpha value is -3.65. The van der Waals surface area contributed by atoms with E-state index < -0.39 is 33.1 Å². The zero-order chi connectivity index (χ0) is 29.1. The van der Waals surface area contributed by atoms with Crippen LogP contribution in [-0.4, -0.2) is 73.8 Å². The predicted molar refractivity (Wildman–Crippen MR) is 143 cm³/mol. The van der Waals surface area contributed by atoms with E-state index in [-0.39, 0.29) is 21.9 Å². The summed E-state index contributed by atoms with van der Waals surface area (Å²) in [5.41, 5.74) is 0.249. The van der Waals surface area contributed by atoms with E-state index >= 15 is 0 Å². The van der Waals surface area contributed by atoms with Crippen LogP contribution in [0.15, 0.2) is 29.4 Å². The van der Waals surface area contributed by atoms with Gasteiger partial charge in [-0.25, -0.2) is 27.2 Å². The molecule has 1 saturated heterocycles.